The zero-order valence-electron chi connectivity index (χ0n) is 18.3. The van der Waals surface area contributed by atoms with Crippen LogP contribution in [0.3, 0.4) is 0 Å². The predicted octanol–water partition coefficient (Wildman–Crippen LogP) is 5.23. The van der Waals surface area contributed by atoms with E-state index in [0.29, 0.717) is 11.3 Å². The van der Waals surface area contributed by atoms with Gasteiger partial charge in [-0.1, -0.05) is 60.7 Å². The number of esters is 1. The van der Waals surface area contributed by atoms with Crippen LogP contribution in [0.4, 0.5) is 11.4 Å². The van der Waals surface area contributed by atoms with Gasteiger partial charge in [0.25, 0.3) is 0 Å². The molecule has 4 rings (SSSR count). The van der Waals surface area contributed by atoms with E-state index in [1.807, 2.05) is 66.7 Å². The highest BCUT2D eigenvalue weighted by atomic mass is 16.5. The number of benzene rings is 3. The lowest BCUT2D eigenvalue weighted by Crippen LogP contribution is -2.31. The molecule has 1 heterocycles. The van der Waals surface area contributed by atoms with E-state index in [2.05, 4.69) is 10.2 Å². The van der Waals surface area contributed by atoms with Gasteiger partial charge in [-0.15, -0.1) is 0 Å². The number of ether oxygens (including phenoxy) is 1. The van der Waals surface area contributed by atoms with Crippen molar-refractivity contribution in [2.75, 3.05) is 30.4 Å². The van der Waals surface area contributed by atoms with Gasteiger partial charge in [-0.05, 0) is 48.6 Å². The summed E-state index contributed by atoms with van der Waals surface area (Å²) in [6, 6.07) is 24.9. The van der Waals surface area contributed by atoms with Crippen LogP contribution in [0.2, 0.25) is 0 Å². The first-order valence-electron chi connectivity index (χ1n) is 11.1. The average Bonchev–Trinajstić information content (AvgIpc) is 2.85. The maximum absolute atomic E-state index is 13.7. The normalized spacial score (nSPS) is 13.6. The van der Waals surface area contributed by atoms with E-state index in [0.717, 1.165) is 42.7 Å². The summed E-state index contributed by atoms with van der Waals surface area (Å²) in [5, 5.41) is 3.14. The molecule has 1 fully saturated rings. The standard InChI is InChI=1S/C27H28N2O3/c1-32-27(31)22-15-16-24(29-17-9-4-10-18-29)23(19-22)28-26(30)25(20-11-5-2-6-12-20)21-13-7-3-8-14-21/h2-3,5-8,11-16,19,25H,4,9-10,17-18H2,1H3,(H,28,30). The highest BCUT2D eigenvalue weighted by Gasteiger charge is 2.25. The average molecular weight is 429 g/mol. The van der Waals surface area contributed by atoms with Crippen molar-refractivity contribution in [3.63, 3.8) is 0 Å². The van der Waals surface area contributed by atoms with Gasteiger partial charge in [0.05, 0.1) is 30.0 Å². The molecule has 0 unspecified atom stereocenters. The SMILES string of the molecule is COC(=O)c1ccc(N2CCCCC2)c(NC(=O)C(c2ccccc2)c2ccccc2)c1. The molecule has 0 spiro atoms. The molecule has 0 atom stereocenters. The quantitative estimate of drug-likeness (QED) is 0.546. The molecule has 164 valence electrons. The number of rotatable bonds is 6. The van der Waals surface area contributed by atoms with E-state index >= 15 is 0 Å². The summed E-state index contributed by atoms with van der Waals surface area (Å²) in [4.78, 5) is 28.1. The minimum atomic E-state index is -0.464. The molecule has 3 aromatic rings. The van der Waals surface area contributed by atoms with Crippen molar-refractivity contribution in [2.45, 2.75) is 25.2 Å². The first-order chi connectivity index (χ1) is 15.7. The minimum Gasteiger partial charge on any atom is -0.465 e. The van der Waals surface area contributed by atoms with Crippen molar-refractivity contribution >= 4 is 23.3 Å². The first kappa shape index (κ1) is 21.6. The molecule has 1 aliphatic rings. The molecule has 0 aliphatic carbocycles. The Hall–Kier alpha value is -3.60. The summed E-state index contributed by atoms with van der Waals surface area (Å²) >= 11 is 0. The van der Waals surface area contributed by atoms with E-state index in [-0.39, 0.29) is 5.91 Å². The highest BCUT2D eigenvalue weighted by molar-refractivity contribution is 6.02. The molecule has 0 aromatic heterocycles. The Morgan fingerprint density at radius 3 is 2.00 bits per heavy atom. The van der Waals surface area contributed by atoms with E-state index < -0.39 is 11.9 Å². The van der Waals surface area contributed by atoms with Gasteiger partial charge in [-0.2, -0.15) is 0 Å². The number of anilines is 2. The highest BCUT2D eigenvalue weighted by Crippen LogP contribution is 2.32. The van der Waals surface area contributed by atoms with Crippen LogP contribution in [0.1, 0.15) is 46.7 Å². The van der Waals surface area contributed by atoms with Crippen LogP contribution in [0, 0.1) is 0 Å². The fourth-order valence-corrected chi connectivity index (χ4v) is 4.28. The smallest absolute Gasteiger partial charge is 0.337 e. The predicted molar refractivity (Wildman–Crippen MR) is 127 cm³/mol. The van der Waals surface area contributed by atoms with Gasteiger partial charge in [-0.25, -0.2) is 4.79 Å². The van der Waals surface area contributed by atoms with Crippen molar-refractivity contribution in [1.82, 2.24) is 0 Å². The third-order valence-corrected chi connectivity index (χ3v) is 5.90. The van der Waals surface area contributed by atoms with Gasteiger partial charge in [0.2, 0.25) is 5.91 Å². The molecule has 1 amide bonds. The van der Waals surface area contributed by atoms with Crippen LogP contribution in [-0.2, 0) is 9.53 Å². The number of hydrogen-bond acceptors (Lipinski definition) is 4. The molecule has 32 heavy (non-hydrogen) atoms. The number of hydrogen-bond donors (Lipinski definition) is 1. The van der Waals surface area contributed by atoms with Crippen LogP contribution >= 0.6 is 0 Å². The molecular weight excluding hydrogens is 400 g/mol. The second kappa shape index (κ2) is 10.1. The van der Waals surface area contributed by atoms with Crippen LogP contribution in [-0.4, -0.2) is 32.1 Å². The minimum absolute atomic E-state index is 0.136. The lowest BCUT2D eigenvalue weighted by Gasteiger charge is -2.31. The fourth-order valence-electron chi connectivity index (χ4n) is 4.28. The van der Waals surface area contributed by atoms with Gasteiger partial charge in [0.1, 0.15) is 0 Å². The van der Waals surface area contributed by atoms with Crippen LogP contribution in [0.25, 0.3) is 0 Å². The number of methoxy groups -OCH3 is 1. The number of carbonyl (C=O) groups is 2. The summed E-state index contributed by atoms with van der Waals surface area (Å²) in [6.45, 7) is 1.86. The lowest BCUT2D eigenvalue weighted by atomic mass is 9.90. The number of piperidine rings is 1. The third kappa shape index (κ3) is 4.83. The second-order valence-corrected chi connectivity index (χ2v) is 8.01. The summed E-state index contributed by atoms with van der Waals surface area (Å²) in [5.41, 5.74) is 3.82. The van der Waals surface area contributed by atoms with Gasteiger partial charge in [0.15, 0.2) is 0 Å². The monoisotopic (exact) mass is 428 g/mol. The largest absolute Gasteiger partial charge is 0.465 e. The molecule has 5 heteroatoms. The number of carbonyl (C=O) groups excluding carboxylic acids is 2. The summed E-state index contributed by atoms with van der Waals surface area (Å²) in [5.74, 6) is -1.02. The molecule has 3 aromatic carbocycles. The van der Waals surface area contributed by atoms with Gasteiger partial charge in [0, 0.05) is 13.1 Å². The van der Waals surface area contributed by atoms with E-state index in [9.17, 15) is 9.59 Å². The topological polar surface area (TPSA) is 58.6 Å². The maximum Gasteiger partial charge on any atom is 0.337 e. The van der Waals surface area contributed by atoms with Crippen molar-refractivity contribution in [2.24, 2.45) is 0 Å². The third-order valence-electron chi connectivity index (χ3n) is 5.90. The zero-order valence-corrected chi connectivity index (χ0v) is 18.3. The van der Waals surface area contributed by atoms with Gasteiger partial charge < -0.3 is 15.0 Å². The summed E-state index contributed by atoms with van der Waals surface area (Å²) < 4.78 is 4.90. The Morgan fingerprint density at radius 1 is 0.844 bits per heavy atom. The maximum atomic E-state index is 13.7. The van der Waals surface area contributed by atoms with Crippen molar-refractivity contribution in [1.29, 1.82) is 0 Å². The van der Waals surface area contributed by atoms with Crippen LogP contribution < -0.4 is 10.2 Å². The molecule has 0 saturated carbocycles. The number of nitrogens with zero attached hydrogens (tertiary/aromatic N) is 1. The molecule has 1 N–H and O–H groups in total. The van der Waals surface area contributed by atoms with Crippen LogP contribution in [0.15, 0.2) is 78.9 Å². The Bertz CT molecular complexity index is 1020. The molecule has 1 aliphatic heterocycles. The van der Waals surface area contributed by atoms with Crippen molar-refractivity contribution in [3.8, 4) is 0 Å². The van der Waals surface area contributed by atoms with Crippen molar-refractivity contribution < 1.29 is 14.3 Å². The Kier molecular flexibility index (Phi) is 6.85. The molecule has 0 radical (unpaired) electrons. The molecule has 5 nitrogen and oxygen atoms in total. The summed E-state index contributed by atoms with van der Waals surface area (Å²) in [6.07, 6.45) is 3.44. The number of nitrogens with one attached hydrogen (secondary N) is 1. The fraction of sp³-hybridized carbons (Fsp3) is 0.259. The second-order valence-electron chi connectivity index (χ2n) is 8.01. The lowest BCUT2D eigenvalue weighted by molar-refractivity contribution is -0.116. The molecule has 1 saturated heterocycles. The molecule has 0 bridgehead atoms. The van der Waals surface area contributed by atoms with E-state index in [1.54, 1.807) is 12.1 Å². The first-order valence-corrected chi connectivity index (χ1v) is 11.1. The van der Waals surface area contributed by atoms with Gasteiger partial charge >= 0.3 is 5.97 Å². The van der Waals surface area contributed by atoms with E-state index in [1.165, 1.54) is 13.5 Å². The Balaban J connectivity index is 1.71. The Labute approximate surface area is 189 Å². The summed E-state index contributed by atoms with van der Waals surface area (Å²) in [7, 11) is 1.36. The van der Waals surface area contributed by atoms with Crippen LogP contribution in [0.5, 0.6) is 0 Å². The van der Waals surface area contributed by atoms with Crippen molar-refractivity contribution in [3.05, 3.63) is 95.6 Å². The molecular formula is C27H28N2O3. The Morgan fingerprint density at radius 2 is 1.44 bits per heavy atom. The van der Waals surface area contributed by atoms with Gasteiger partial charge in [-0.3, -0.25) is 4.79 Å². The van der Waals surface area contributed by atoms with E-state index in [4.69, 9.17) is 4.74 Å². The zero-order chi connectivity index (χ0) is 22.3. The number of amides is 1.